The fourth-order valence-corrected chi connectivity index (χ4v) is 2.06. The van der Waals surface area contributed by atoms with Gasteiger partial charge in [0.25, 0.3) is 0 Å². The number of benzene rings is 1. The van der Waals surface area contributed by atoms with Crippen LogP contribution in [0.5, 0.6) is 0 Å². The van der Waals surface area contributed by atoms with E-state index in [1.54, 1.807) is 12.1 Å². The first kappa shape index (κ1) is 13.9. The van der Waals surface area contributed by atoms with Crippen molar-refractivity contribution in [2.45, 2.75) is 18.6 Å². The molecule has 0 saturated heterocycles. The maximum atomic E-state index is 11.6. The number of nitrogens with one attached hydrogen (secondary N) is 1. The Kier molecular flexibility index (Phi) is 5.86. The van der Waals surface area contributed by atoms with E-state index in [0.717, 1.165) is 0 Å². The van der Waals surface area contributed by atoms with E-state index in [-0.39, 0.29) is 17.8 Å². The highest BCUT2D eigenvalue weighted by molar-refractivity contribution is 8.00. The Bertz CT molecular complexity index is 371. The molecular weight excluding hydrogens is 236 g/mol. The van der Waals surface area contributed by atoms with Crippen LogP contribution < -0.4 is 11.1 Å². The molecule has 0 aliphatic heterocycles. The van der Waals surface area contributed by atoms with Gasteiger partial charge in [0, 0.05) is 11.9 Å². The zero-order chi connectivity index (χ0) is 12.7. The molecule has 1 amide bonds. The van der Waals surface area contributed by atoms with Gasteiger partial charge in [-0.25, -0.2) is 0 Å². The van der Waals surface area contributed by atoms with Gasteiger partial charge in [-0.1, -0.05) is 19.1 Å². The van der Waals surface area contributed by atoms with Gasteiger partial charge in [-0.05, 0) is 18.6 Å². The van der Waals surface area contributed by atoms with Crippen LogP contribution in [0.15, 0.2) is 24.3 Å². The summed E-state index contributed by atoms with van der Waals surface area (Å²) in [5.74, 6) is 0.299. The Labute approximate surface area is 106 Å². The highest BCUT2D eigenvalue weighted by atomic mass is 32.2. The van der Waals surface area contributed by atoms with Crippen molar-refractivity contribution in [2.75, 3.05) is 23.4 Å². The molecular formula is C12H18N2O2S. The topological polar surface area (TPSA) is 75.3 Å². The van der Waals surface area contributed by atoms with E-state index in [0.29, 0.717) is 23.5 Å². The number of aliphatic hydroxyl groups excluding tert-OH is 1. The fourth-order valence-electron chi connectivity index (χ4n) is 1.28. The monoisotopic (exact) mass is 254 g/mol. The fraction of sp³-hybridized carbons (Fsp3) is 0.417. The predicted octanol–water partition coefficient (Wildman–Crippen LogP) is 1.71. The highest BCUT2D eigenvalue weighted by Crippen LogP contribution is 2.18. The number of carbonyl (C=O) groups excluding carboxylic acids is 1. The maximum absolute atomic E-state index is 11.6. The van der Waals surface area contributed by atoms with Crippen molar-refractivity contribution < 1.29 is 9.90 Å². The number of para-hydroxylation sites is 2. The van der Waals surface area contributed by atoms with E-state index < -0.39 is 0 Å². The molecule has 0 radical (unpaired) electrons. The molecule has 1 aromatic rings. The third-order valence-electron chi connectivity index (χ3n) is 2.27. The minimum Gasteiger partial charge on any atom is -0.397 e. The summed E-state index contributed by atoms with van der Waals surface area (Å²) >= 11 is 1.52. The summed E-state index contributed by atoms with van der Waals surface area (Å²) in [6, 6.07) is 7.17. The van der Waals surface area contributed by atoms with Gasteiger partial charge in [0.2, 0.25) is 5.91 Å². The number of carbonyl (C=O) groups is 1. The van der Waals surface area contributed by atoms with E-state index in [4.69, 9.17) is 10.8 Å². The van der Waals surface area contributed by atoms with Gasteiger partial charge in [-0.15, -0.1) is 11.8 Å². The number of hydrogen-bond donors (Lipinski definition) is 3. The summed E-state index contributed by atoms with van der Waals surface area (Å²) in [7, 11) is 0. The van der Waals surface area contributed by atoms with Crippen LogP contribution in [0.4, 0.5) is 11.4 Å². The van der Waals surface area contributed by atoms with Crippen molar-refractivity contribution >= 4 is 29.0 Å². The molecule has 0 aliphatic rings. The molecule has 1 aromatic carbocycles. The second-order valence-corrected chi connectivity index (χ2v) is 5.20. The smallest absolute Gasteiger partial charge is 0.234 e. The van der Waals surface area contributed by atoms with E-state index >= 15 is 0 Å². The van der Waals surface area contributed by atoms with E-state index in [2.05, 4.69) is 5.32 Å². The zero-order valence-corrected chi connectivity index (χ0v) is 10.7. The Morgan fingerprint density at radius 3 is 2.88 bits per heavy atom. The third kappa shape index (κ3) is 5.10. The third-order valence-corrected chi connectivity index (χ3v) is 3.50. The summed E-state index contributed by atoms with van der Waals surface area (Å²) in [5, 5.41) is 11.8. The summed E-state index contributed by atoms with van der Waals surface area (Å²) in [5.41, 5.74) is 6.93. The maximum Gasteiger partial charge on any atom is 0.234 e. The Morgan fingerprint density at radius 2 is 2.24 bits per heavy atom. The highest BCUT2D eigenvalue weighted by Gasteiger charge is 2.08. The summed E-state index contributed by atoms with van der Waals surface area (Å²) < 4.78 is 0. The van der Waals surface area contributed by atoms with E-state index in [1.807, 2.05) is 19.1 Å². The molecule has 0 saturated carbocycles. The normalized spacial score (nSPS) is 12.1. The number of rotatable bonds is 6. The van der Waals surface area contributed by atoms with Gasteiger partial charge in [-0.3, -0.25) is 4.79 Å². The second-order valence-electron chi connectivity index (χ2n) is 3.77. The lowest BCUT2D eigenvalue weighted by molar-refractivity contribution is -0.113. The van der Waals surface area contributed by atoms with Crippen molar-refractivity contribution in [3.05, 3.63) is 24.3 Å². The minimum absolute atomic E-state index is 0.0716. The van der Waals surface area contributed by atoms with Crippen LogP contribution >= 0.6 is 11.8 Å². The van der Waals surface area contributed by atoms with Crippen LogP contribution in [0.2, 0.25) is 0 Å². The molecule has 1 rings (SSSR count). The number of thioether (sulfide) groups is 1. The van der Waals surface area contributed by atoms with Crippen molar-refractivity contribution in [3.63, 3.8) is 0 Å². The lowest BCUT2D eigenvalue weighted by Crippen LogP contribution is -2.17. The van der Waals surface area contributed by atoms with Crippen LogP contribution in [-0.4, -0.2) is 28.6 Å². The summed E-state index contributed by atoms with van der Waals surface area (Å²) in [6.07, 6.45) is 0.700. The Morgan fingerprint density at radius 1 is 1.53 bits per heavy atom. The number of nitrogens with two attached hydrogens (primary N) is 1. The zero-order valence-electron chi connectivity index (χ0n) is 9.85. The molecule has 0 aromatic heterocycles. The van der Waals surface area contributed by atoms with Crippen LogP contribution in [0.25, 0.3) is 0 Å². The second kappa shape index (κ2) is 7.19. The first-order chi connectivity index (χ1) is 8.13. The molecule has 1 unspecified atom stereocenters. The predicted molar refractivity (Wildman–Crippen MR) is 73.1 cm³/mol. The summed E-state index contributed by atoms with van der Waals surface area (Å²) in [4.78, 5) is 11.6. The van der Waals surface area contributed by atoms with Crippen LogP contribution in [0.1, 0.15) is 13.3 Å². The molecule has 0 fully saturated rings. The minimum atomic E-state index is -0.0716. The van der Waals surface area contributed by atoms with Gasteiger partial charge < -0.3 is 16.2 Å². The van der Waals surface area contributed by atoms with Crippen LogP contribution in [-0.2, 0) is 4.79 Å². The lowest BCUT2D eigenvalue weighted by Gasteiger charge is -2.10. The van der Waals surface area contributed by atoms with Crippen molar-refractivity contribution in [3.8, 4) is 0 Å². The first-order valence-corrected chi connectivity index (χ1v) is 6.55. The number of anilines is 2. The molecule has 0 aliphatic carbocycles. The van der Waals surface area contributed by atoms with Gasteiger partial charge in [0.15, 0.2) is 0 Å². The molecule has 4 nitrogen and oxygen atoms in total. The standard InChI is InChI=1S/C12H18N2O2S/c1-9(6-7-15)17-8-12(16)14-11-5-3-2-4-10(11)13/h2-5,9,15H,6-8,13H2,1H3,(H,14,16). The van der Waals surface area contributed by atoms with Crippen LogP contribution in [0.3, 0.4) is 0 Å². The molecule has 0 heterocycles. The number of amides is 1. The van der Waals surface area contributed by atoms with E-state index in [9.17, 15) is 4.79 Å². The van der Waals surface area contributed by atoms with E-state index in [1.165, 1.54) is 11.8 Å². The van der Waals surface area contributed by atoms with Gasteiger partial charge in [0.1, 0.15) is 0 Å². The largest absolute Gasteiger partial charge is 0.397 e. The van der Waals surface area contributed by atoms with Crippen molar-refractivity contribution in [1.29, 1.82) is 0 Å². The average Bonchev–Trinajstić information content (AvgIpc) is 2.30. The van der Waals surface area contributed by atoms with Crippen molar-refractivity contribution in [1.82, 2.24) is 0 Å². The molecule has 1 atom stereocenters. The Balaban J connectivity index is 2.37. The first-order valence-electron chi connectivity index (χ1n) is 5.50. The number of hydrogen-bond acceptors (Lipinski definition) is 4. The molecule has 0 spiro atoms. The lowest BCUT2D eigenvalue weighted by atomic mass is 10.3. The number of aliphatic hydroxyl groups is 1. The molecule has 17 heavy (non-hydrogen) atoms. The van der Waals surface area contributed by atoms with Gasteiger partial charge in [-0.2, -0.15) is 0 Å². The van der Waals surface area contributed by atoms with Gasteiger partial charge >= 0.3 is 0 Å². The molecule has 0 bridgehead atoms. The quantitative estimate of drug-likeness (QED) is 0.676. The Hall–Kier alpha value is -1.20. The molecule has 4 N–H and O–H groups in total. The van der Waals surface area contributed by atoms with Crippen molar-refractivity contribution in [2.24, 2.45) is 0 Å². The SMILES string of the molecule is CC(CCO)SCC(=O)Nc1ccccc1N. The average molecular weight is 254 g/mol. The van der Waals surface area contributed by atoms with Gasteiger partial charge in [0.05, 0.1) is 17.1 Å². The molecule has 94 valence electrons. The summed E-state index contributed by atoms with van der Waals surface area (Å²) in [6.45, 7) is 2.15. The molecule has 5 heteroatoms. The number of nitrogen functional groups attached to an aromatic ring is 1. The van der Waals surface area contributed by atoms with Crippen LogP contribution in [0, 0.1) is 0 Å².